The summed E-state index contributed by atoms with van der Waals surface area (Å²) >= 11 is 1.44. The van der Waals surface area contributed by atoms with E-state index >= 15 is 0 Å². The predicted molar refractivity (Wildman–Crippen MR) is 291 cm³/mol. The molecule has 7 aromatic rings. The van der Waals surface area contributed by atoms with Gasteiger partial charge < -0.3 is 19.7 Å². The molecule has 10 rings (SSSR count). The second-order valence-electron chi connectivity index (χ2n) is 20.9. The quantitative estimate of drug-likeness (QED) is 0.0532. The maximum absolute atomic E-state index is 14.1. The number of benzene rings is 4. The van der Waals surface area contributed by atoms with E-state index < -0.39 is 17.5 Å². The Labute approximate surface area is 440 Å². The van der Waals surface area contributed by atoms with Gasteiger partial charge in [-0.3, -0.25) is 39.4 Å². The fraction of sp³-hybridized carbons (Fsp3) is 0.379. The van der Waals surface area contributed by atoms with Crippen LogP contribution in [0.3, 0.4) is 0 Å². The molecule has 16 nitrogen and oxygen atoms in total. The summed E-state index contributed by atoms with van der Waals surface area (Å²) in [5, 5.41) is 14.5. The molecule has 0 saturated carbocycles. The van der Waals surface area contributed by atoms with Crippen LogP contribution in [0.4, 0.5) is 16.6 Å². The number of piperidine rings is 2. The number of carbonyl (C=O) groups excluding carboxylic acids is 5. The van der Waals surface area contributed by atoms with Gasteiger partial charge in [0.1, 0.15) is 17.2 Å². The van der Waals surface area contributed by atoms with E-state index in [4.69, 9.17) is 14.5 Å². The topological polar surface area (TPSA) is 190 Å². The molecule has 3 aliphatic rings. The number of hydrogen-bond donors (Lipinski definition) is 3. The number of nitrogens with zero attached hydrogens (tertiary/aromatic N) is 6. The number of amides is 4. The maximum atomic E-state index is 14.1. The summed E-state index contributed by atoms with van der Waals surface area (Å²) in [5.41, 5.74) is 7.35. The standard InChI is InChI=1S/C58H63N9O7S/c1-34-39(40-21-23-49(61-52(40)56(72)74-58(3,4)5)67-30-27-37-13-9-15-41(44(37)33-67)54(70)63-57-60-45-16-7-8-18-48(45)75-57)14-10-17-47(34)73-31-11-12-36-25-28-66(29-26-36)35(2)53(69)59-38-19-20-42-46(32-38)65(6)64-51(42)43-22-24-50(68)62-55(43)71/h7-10,13-21,23,32,35-36,43H,11-12,22,24-31,33H2,1-6H3,(H,59,69)(H,60,63,70)(H,62,68,71)/t35-,43?/m0/s1. The lowest BCUT2D eigenvalue weighted by Crippen LogP contribution is -2.46. The van der Waals surface area contributed by atoms with Crippen LogP contribution in [-0.2, 0) is 39.1 Å². The highest BCUT2D eigenvalue weighted by Crippen LogP contribution is 2.37. The molecule has 3 aromatic heterocycles. The molecule has 3 aliphatic heterocycles. The smallest absolute Gasteiger partial charge is 0.358 e. The molecule has 0 aliphatic carbocycles. The minimum absolute atomic E-state index is 0.0804. The third kappa shape index (κ3) is 11.2. The molecule has 0 radical (unpaired) electrons. The van der Waals surface area contributed by atoms with E-state index in [1.807, 2.05) is 127 Å². The van der Waals surface area contributed by atoms with Crippen molar-refractivity contribution >= 4 is 78.7 Å². The summed E-state index contributed by atoms with van der Waals surface area (Å²) in [5.74, 6) is -0.0434. The Morgan fingerprint density at radius 1 is 0.880 bits per heavy atom. The van der Waals surface area contributed by atoms with Gasteiger partial charge in [-0.05, 0) is 169 Å². The molecule has 6 heterocycles. The Morgan fingerprint density at radius 3 is 2.47 bits per heavy atom. The Bertz CT molecular complexity index is 3320. The number of esters is 1. The van der Waals surface area contributed by atoms with Crippen molar-refractivity contribution in [2.45, 2.75) is 104 Å². The molecule has 2 saturated heterocycles. The summed E-state index contributed by atoms with van der Waals surface area (Å²) in [7, 11) is 1.81. The van der Waals surface area contributed by atoms with Gasteiger partial charge in [0.15, 0.2) is 10.8 Å². The lowest BCUT2D eigenvalue weighted by atomic mass is 9.91. The van der Waals surface area contributed by atoms with Gasteiger partial charge in [0.2, 0.25) is 17.7 Å². The number of nitrogens with one attached hydrogen (secondary N) is 3. The van der Waals surface area contributed by atoms with Gasteiger partial charge in [0.05, 0.1) is 40.0 Å². The van der Waals surface area contributed by atoms with Crippen LogP contribution in [0.15, 0.2) is 91.0 Å². The number of carbonyl (C=O) groups is 5. The lowest BCUT2D eigenvalue weighted by molar-refractivity contribution is -0.134. The van der Waals surface area contributed by atoms with Gasteiger partial charge in [-0.1, -0.05) is 47.7 Å². The minimum Gasteiger partial charge on any atom is -0.493 e. The van der Waals surface area contributed by atoms with Crippen molar-refractivity contribution in [3.63, 3.8) is 0 Å². The Balaban J connectivity index is 0.748. The number of rotatable bonds is 14. The van der Waals surface area contributed by atoms with E-state index in [2.05, 4.69) is 41.9 Å². The normalized spacial score (nSPS) is 16.9. The van der Waals surface area contributed by atoms with Gasteiger partial charge in [0, 0.05) is 48.8 Å². The monoisotopic (exact) mass is 1030 g/mol. The second-order valence-corrected chi connectivity index (χ2v) is 22.0. The molecule has 2 atom stereocenters. The zero-order valence-electron chi connectivity index (χ0n) is 43.3. The Kier molecular flexibility index (Phi) is 14.5. The van der Waals surface area contributed by atoms with Crippen molar-refractivity contribution in [1.82, 2.24) is 30.0 Å². The van der Waals surface area contributed by atoms with Gasteiger partial charge >= 0.3 is 5.97 Å². The highest BCUT2D eigenvalue weighted by Gasteiger charge is 2.33. The SMILES string of the molecule is Cc1c(OCCCC2CCN([C@@H](C)C(=O)Nc3ccc4c(C5CCC(=O)NC5=O)nn(C)c4c3)CC2)cccc1-c1ccc(N2CCc3cccc(C(=O)Nc4nc5ccccc5s4)c3C2)nc1C(=O)OC(C)(C)C. The average molecular weight is 1030 g/mol. The number of anilines is 3. The zero-order valence-corrected chi connectivity index (χ0v) is 44.1. The number of thiazole rings is 1. The van der Waals surface area contributed by atoms with E-state index in [0.29, 0.717) is 71.9 Å². The lowest BCUT2D eigenvalue weighted by Gasteiger charge is -2.35. The number of para-hydroxylation sites is 1. The van der Waals surface area contributed by atoms with Crippen LogP contribution in [0, 0.1) is 12.8 Å². The molecule has 388 valence electrons. The van der Waals surface area contributed by atoms with Crippen LogP contribution in [0.5, 0.6) is 5.75 Å². The third-order valence-electron chi connectivity index (χ3n) is 14.7. The first-order valence-electron chi connectivity index (χ1n) is 25.9. The van der Waals surface area contributed by atoms with Crippen LogP contribution in [0.1, 0.15) is 115 Å². The number of aryl methyl sites for hydroxylation is 1. The van der Waals surface area contributed by atoms with E-state index in [0.717, 1.165) is 87.9 Å². The van der Waals surface area contributed by atoms with Gasteiger partial charge in [-0.2, -0.15) is 5.10 Å². The minimum atomic E-state index is -0.752. The maximum Gasteiger partial charge on any atom is 0.358 e. The molecular weight excluding hydrogens is 967 g/mol. The first kappa shape index (κ1) is 51.0. The first-order valence-corrected chi connectivity index (χ1v) is 26.7. The number of aromatic nitrogens is 4. The number of imide groups is 1. The fourth-order valence-corrected chi connectivity index (χ4v) is 11.5. The molecular formula is C58H63N9O7S. The summed E-state index contributed by atoms with van der Waals surface area (Å²) in [6.45, 7) is 12.7. The number of pyridine rings is 1. The number of hydrogen-bond acceptors (Lipinski definition) is 13. The molecule has 17 heteroatoms. The fourth-order valence-electron chi connectivity index (χ4n) is 10.6. The van der Waals surface area contributed by atoms with Crippen molar-refractivity contribution in [2.75, 3.05) is 41.8 Å². The molecule has 4 amide bonds. The van der Waals surface area contributed by atoms with Crippen LogP contribution in [-0.4, -0.2) is 92.1 Å². The third-order valence-corrected chi connectivity index (χ3v) is 15.7. The van der Waals surface area contributed by atoms with E-state index in [9.17, 15) is 24.0 Å². The van der Waals surface area contributed by atoms with Crippen LogP contribution in [0.2, 0.25) is 0 Å². The molecule has 2 fully saturated rings. The first-order chi connectivity index (χ1) is 36.1. The highest BCUT2D eigenvalue weighted by atomic mass is 32.1. The van der Waals surface area contributed by atoms with Gasteiger partial charge in [-0.15, -0.1) is 0 Å². The molecule has 4 aromatic carbocycles. The largest absolute Gasteiger partial charge is 0.493 e. The summed E-state index contributed by atoms with van der Waals surface area (Å²) in [6, 6.07) is 28.7. The summed E-state index contributed by atoms with van der Waals surface area (Å²) in [4.78, 5) is 79.7. The van der Waals surface area contributed by atoms with Crippen molar-refractivity contribution in [1.29, 1.82) is 0 Å². The predicted octanol–water partition coefficient (Wildman–Crippen LogP) is 9.74. The van der Waals surface area contributed by atoms with E-state index in [1.165, 1.54) is 11.3 Å². The molecule has 0 spiro atoms. The Morgan fingerprint density at radius 2 is 1.68 bits per heavy atom. The van der Waals surface area contributed by atoms with Crippen molar-refractivity contribution in [2.24, 2.45) is 13.0 Å². The van der Waals surface area contributed by atoms with E-state index in [-0.39, 0.29) is 41.8 Å². The zero-order chi connectivity index (χ0) is 52.5. The Hall–Kier alpha value is -7.50. The van der Waals surface area contributed by atoms with Crippen LogP contribution >= 0.6 is 11.3 Å². The van der Waals surface area contributed by atoms with E-state index in [1.54, 1.807) is 4.68 Å². The van der Waals surface area contributed by atoms with Gasteiger partial charge in [-0.25, -0.2) is 14.8 Å². The number of ether oxygens (including phenoxy) is 2. The number of likely N-dealkylation sites (tertiary alicyclic amines) is 1. The summed E-state index contributed by atoms with van der Waals surface area (Å²) < 4.78 is 15.1. The van der Waals surface area contributed by atoms with Crippen LogP contribution < -0.4 is 25.6 Å². The van der Waals surface area contributed by atoms with Crippen molar-refractivity contribution < 1.29 is 33.4 Å². The van der Waals surface area contributed by atoms with Gasteiger partial charge in [0.25, 0.3) is 5.91 Å². The molecule has 75 heavy (non-hydrogen) atoms. The molecule has 3 N–H and O–H groups in total. The highest BCUT2D eigenvalue weighted by molar-refractivity contribution is 7.22. The molecule has 1 unspecified atom stereocenters. The molecule has 0 bridgehead atoms. The van der Waals surface area contributed by atoms with Crippen LogP contribution in [0.25, 0.3) is 32.2 Å². The van der Waals surface area contributed by atoms with Crippen molar-refractivity contribution in [3.05, 3.63) is 125 Å². The summed E-state index contributed by atoms with van der Waals surface area (Å²) in [6.07, 6.45) is 5.23. The average Bonchev–Trinajstić information content (AvgIpc) is 3.98. The van der Waals surface area contributed by atoms with Crippen molar-refractivity contribution in [3.8, 4) is 16.9 Å². The second kappa shape index (κ2) is 21.4. The number of fused-ring (bicyclic) bond motifs is 3.